The average Bonchev–Trinajstić information content (AvgIpc) is 2.71. The predicted molar refractivity (Wildman–Crippen MR) is 75.4 cm³/mol. The molecule has 2 N–H and O–H groups in total. The lowest BCUT2D eigenvalue weighted by Gasteiger charge is -2.11. The van der Waals surface area contributed by atoms with E-state index in [1.54, 1.807) is 6.33 Å². The molecule has 0 aliphatic rings. The highest BCUT2D eigenvalue weighted by atomic mass is 35.5. The zero-order valence-corrected chi connectivity index (χ0v) is 11.9. The highest BCUT2D eigenvalue weighted by Gasteiger charge is 2.13. The Morgan fingerprint density at radius 2 is 2.21 bits per heavy atom. The van der Waals surface area contributed by atoms with E-state index in [1.165, 1.54) is 0 Å². The van der Waals surface area contributed by atoms with Crippen LogP contribution in [0, 0.1) is 5.92 Å². The van der Waals surface area contributed by atoms with E-state index in [0.717, 1.165) is 12.1 Å². The molecule has 0 radical (unpaired) electrons. The number of rotatable bonds is 6. The van der Waals surface area contributed by atoms with Crippen molar-refractivity contribution in [3.63, 3.8) is 0 Å². The van der Waals surface area contributed by atoms with E-state index >= 15 is 0 Å². The van der Waals surface area contributed by atoms with Crippen LogP contribution in [0.1, 0.15) is 20.3 Å². The summed E-state index contributed by atoms with van der Waals surface area (Å²) >= 11 is 5.89. The van der Waals surface area contributed by atoms with Crippen molar-refractivity contribution >= 4 is 28.6 Å². The fraction of sp³-hybridized carbons (Fsp3) is 0.583. The zero-order chi connectivity index (χ0) is 13.8. The molecule has 0 aliphatic heterocycles. The van der Waals surface area contributed by atoms with Crippen molar-refractivity contribution in [2.24, 2.45) is 5.92 Å². The van der Waals surface area contributed by atoms with Gasteiger partial charge in [-0.2, -0.15) is 9.97 Å². The number of hydrogen-bond acceptors (Lipinski definition) is 5. The van der Waals surface area contributed by atoms with Crippen LogP contribution in [0.3, 0.4) is 0 Å². The summed E-state index contributed by atoms with van der Waals surface area (Å²) in [6.45, 7) is 5.89. The van der Waals surface area contributed by atoms with Crippen LogP contribution in [0.4, 0.5) is 5.82 Å². The summed E-state index contributed by atoms with van der Waals surface area (Å²) in [5, 5.41) is 12.2. The molecule has 0 unspecified atom stereocenters. The second kappa shape index (κ2) is 6.16. The lowest BCUT2D eigenvalue weighted by atomic mass is 10.2. The molecule has 104 valence electrons. The minimum absolute atomic E-state index is 0.139. The van der Waals surface area contributed by atoms with Crippen LogP contribution in [0.2, 0.25) is 5.28 Å². The molecule has 2 heterocycles. The highest BCUT2D eigenvalue weighted by molar-refractivity contribution is 6.28. The minimum atomic E-state index is 0.139. The van der Waals surface area contributed by atoms with Gasteiger partial charge in [0.2, 0.25) is 5.28 Å². The lowest BCUT2D eigenvalue weighted by molar-refractivity contribution is 0.292. The molecule has 0 bridgehead atoms. The van der Waals surface area contributed by atoms with Crippen LogP contribution in [0.5, 0.6) is 0 Å². The molecule has 0 aliphatic carbocycles. The van der Waals surface area contributed by atoms with Gasteiger partial charge in [0, 0.05) is 19.7 Å². The van der Waals surface area contributed by atoms with E-state index < -0.39 is 0 Å². The van der Waals surface area contributed by atoms with E-state index in [1.807, 2.05) is 4.57 Å². The van der Waals surface area contributed by atoms with E-state index in [-0.39, 0.29) is 11.9 Å². The van der Waals surface area contributed by atoms with Crippen LogP contribution < -0.4 is 5.32 Å². The summed E-state index contributed by atoms with van der Waals surface area (Å²) in [6.07, 6.45) is 2.41. The summed E-state index contributed by atoms with van der Waals surface area (Å²) in [6, 6.07) is 0. The van der Waals surface area contributed by atoms with Crippen LogP contribution in [-0.4, -0.2) is 37.8 Å². The number of aromatic nitrogens is 4. The maximum absolute atomic E-state index is 8.83. The normalized spacial score (nSPS) is 11.4. The Labute approximate surface area is 116 Å². The lowest BCUT2D eigenvalue weighted by Crippen LogP contribution is -2.09. The smallest absolute Gasteiger partial charge is 0.226 e. The molecule has 0 spiro atoms. The Morgan fingerprint density at radius 3 is 2.89 bits per heavy atom. The number of fused-ring (bicyclic) bond motifs is 1. The molecule has 7 heteroatoms. The molecule has 0 fully saturated rings. The second-order valence-corrected chi connectivity index (χ2v) is 5.15. The Bertz CT molecular complexity index is 554. The fourth-order valence-corrected chi connectivity index (χ4v) is 2.06. The summed E-state index contributed by atoms with van der Waals surface area (Å²) < 4.78 is 2.03. The highest BCUT2D eigenvalue weighted by Crippen LogP contribution is 2.22. The van der Waals surface area contributed by atoms with E-state index in [2.05, 4.69) is 34.1 Å². The molecule has 0 atom stereocenters. The predicted octanol–water partition coefficient (Wildman–Crippen LogP) is 1.93. The molecular formula is C12H18ClN5O. The van der Waals surface area contributed by atoms with Crippen LogP contribution in [0.15, 0.2) is 6.33 Å². The summed E-state index contributed by atoms with van der Waals surface area (Å²) in [7, 11) is 0. The molecule has 0 saturated carbocycles. The van der Waals surface area contributed by atoms with Crippen LogP contribution in [-0.2, 0) is 6.54 Å². The quantitative estimate of drug-likeness (QED) is 0.626. The number of imidazole rings is 1. The first-order valence-corrected chi connectivity index (χ1v) is 6.72. The Morgan fingerprint density at radius 1 is 1.42 bits per heavy atom. The van der Waals surface area contributed by atoms with Gasteiger partial charge in [0.25, 0.3) is 0 Å². The van der Waals surface area contributed by atoms with Crippen molar-refractivity contribution in [3.8, 4) is 0 Å². The van der Waals surface area contributed by atoms with Crippen molar-refractivity contribution in [3.05, 3.63) is 11.6 Å². The van der Waals surface area contributed by atoms with E-state index in [0.29, 0.717) is 30.3 Å². The molecule has 0 saturated heterocycles. The van der Waals surface area contributed by atoms with Crippen molar-refractivity contribution in [1.29, 1.82) is 0 Å². The van der Waals surface area contributed by atoms with Gasteiger partial charge in [0.05, 0.1) is 6.33 Å². The maximum atomic E-state index is 8.83. The summed E-state index contributed by atoms with van der Waals surface area (Å²) in [5.74, 6) is 1.17. The number of nitrogens with zero attached hydrogens (tertiary/aromatic N) is 4. The van der Waals surface area contributed by atoms with Crippen molar-refractivity contribution < 1.29 is 5.11 Å². The summed E-state index contributed by atoms with van der Waals surface area (Å²) in [5.41, 5.74) is 1.45. The molecular weight excluding hydrogens is 266 g/mol. The van der Waals surface area contributed by atoms with Crippen molar-refractivity contribution in [2.75, 3.05) is 18.5 Å². The van der Waals surface area contributed by atoms with Gasteiger partial charge < -0.3 is 15.0 Å². The Hall–Kier alpha value is -1.40. The van der Waals surface area contributed by atoms with Crippen LogP contribution >= 0.6 is 11.6 Å². The Balaban J connectivity index is 2.37. The maximum Gasteiger partial charge on any atom is 0.226 e. The third kappa shape index (κ3) is 3.33. The SMILES string of the molecule is CC(C)Cn1cnc2nc(Cl)nc(NCCCO)c21. The molecule has 2 aromatic rings. The molecule has 2 aromatic heterocycles. The van der Waals surface area contributed by atoms with E-state index in [9.17, 15) is 0 Å². The number of aliphatic hydroxyl groups is 1. The molecule has 0 amide bonds. The largest absolute Gasteiger partial charge is 0.396 e. The van der Waals surface area contributed by atoms with Gasteiger partial charge >= 0.3 is 0 Å². The number of aliphatic hydroxyl groups excluding tert-OH is 1. The monoisotopic (exact) mass is 283 g/mol. The van der Waals surface area contributed by atoms with Crippen molar-refractivity contribution in [1.82, 2.24) is 19.5 Å². The number of anilines is 1. The standard InChI is InChI=1S/C12H18ClN5O/c1-8(2)6-18-7-15-11-9(18)10(14-4-3-5-19)16-12(13)17-11/h7-8,19H,3-6H2,1-2H3,(H,14,16,17). The Kier molecular flexibility index (Phi) is 4.55. The third-order valence-corrected chi connectivity index (χ3v) is 2.80. The van der Waals surface area contributed by atoms with Gasteiger partial charge in [-0.1, -0.05) is 13.8 Å². The number of nitrogens with one attached hydrogen (secondary N) is 1. The fourth-order valence-electron chi connectivity index (χ4n) is 1.89. The average molecular weight is 284 g/mol. The van der Waals surface area contributed by atoms with Gasteiger partial charge in [-0.3, -0.25) is 0 Å². The summed E-state index contributed by atoms with van der Waals surface area (Å²) in [4.78, 5) is 12.6. The number of hydrogen-bond donors (Lipinski definition) is 2. The minimum Gasteiger partial charge on any atom is -0.396 e. The van der Waals surface area contributed by atoms with Gasteiger partial charge in [-0.25, -0.2) is 4.98 Å². The number of halogens is 1. The van der Waals surface area contributed by atoms with Gasteiger partial charge in [0.1, 0.15) is 5.52 Å². The third-order valence-electron chi connectivity index (χ3n) is 2.63. The first kappa shape index (κ1) is 14.0. The molecule has 19 heavy (non-hydrogen) atoms. The first-order valence-electron chi connectivity index (χ1n) is 6.35. The molecule has 2 rings (SSSR count). The first-order chi connectivity index (χ1) is 9.11. The van der Waals surface area contributed by atoms with Gasteiger partial charge in [0.15, 0.2) is 11.5 Å². The van der Waals surface area contributed by atoms with Crippen LogP contribution in [0.25, 0.3) is 11.2 Å². The second-order valence-electron chi connectivity index (χ2n) is 4.81. The molecule has 6 nitrogen and oxygen atoms in total. The zero-order valence-electron chi connectivity index (χ0n) is 11.1. The molecule has 0 aromatic carbocycles. The van der Waals surface area contributed by atoms with Gasteiger partial charge in [-0.15, -0.1) is 0 Å². The van der Waals surface area contributed by atoms with E-state index in [4.69, 9.17) is 16.7 Å². The topological polar surface area (TPSA) is 75.9 Å². The van der Waals surface area contributed by atoms with Gasteiger partial charge in [-0.05, 0) is 23.9 Å². The van der Waals surface area contributed by atoms with Crippen molar-refractivity contribution in [2.45, 2.75) is 26.8 Å².